The first-order valence-electron chi connectivity index (χ1n) is 19.4. The van der Waals surface area contributed by atoms with Gasteiger partial charge in [-0.3, -0.25) is 5.32 Å². The molecule has 57 heavy (non-hydrogen) atoms. The Hall–Kier alpha value is -7.41. The molecule has 8 aromatic carbocycles. The third-order valence-electron chi connectivity index (χ3n) is 11.5. The number of aromatic nitrogens is 1. The lowest BCUT2D eigenvalue weighted by Gasteiger charge is -2.32. The second kappa shape index (κ2) is 12.6. The summed E-state index contributed by atoms with van der Waals surface area (Å²) in [6.45, 7) is 0. The van der Waals surface area contributed by atoms with E-state index < -0.39 is 0 Å². The number of furan rings is 2. The third kappa shape index (κ3) is 5.04. The molecule has 6 nitrogen and oxygen atoms in total. The highest BCUT2D eigenvalue weighted by Gasteiger charge is 2.26. The lowest BCUT2D eigenvalue weighted by atomic mass is 10.0. The van der Waals surface area contributed by atoms with E-state index in [0.717, 1.165) is 94.3 Å². The molecule has 0 aliphatic carbocycles. The van der Waals surface area contributed by atoms with Crippen molar-refractivity contribution < 1.29 is 8.83 Å². The molecule has 11 aromatic rings. The van der Waals surface area contributed by atoms with Crippen LogP contribution in [0.3, 0.4) is 0 Å². The molecule has 0 bridgehead atoms. The molecule has 2 N–H and O–H groups in total. The van der Waals surface area contributed by atoms with Gasteiger partial charge < -0.3 is 18.7 Å². The van der Waals surface area contributed by atoms with E-state index in [9.17, 15) is 0 Å². The summed E-state index contributed by atoms with van der Waals surface area (Å²) in [5, 5.41) is 14.1. The van der Waals surface area contributed by atoms with E-state index in [2.05, 4.69) is 173 Å². The number of amidine groups is 1. The summed E-state index contributed by atoms with van der Waals surface area (Å²) in [7, 11) is 0. The monoisotopic (exact) mass is 734 g/mol. The SMILES string of the molecule is c1ccc(C2=NC(c3ccc4c(c3)oc3cc(-c5cccc6c5oc5c(-n7c8ccccc8c8ccccc87)cccc56)ccc34)NC(c3ccccc3)N2)cc1. The smallest absolute Gasteiger partial charge is 0.159 e. The first-order valence-corrected chi connectivity index (χ1v) is 19.4. The molecule has 4 heterocycles. The summed E-state index contributed by atoms with van der Waals surface area (Å²) in [6, 6.07) is 63.7. The highest BCUT2D eigenvalue weighted by atomic mass is 16.3. The van der Waals surface area contributed by atoms with Crippen molar-refractivity contribution in [2.45, 2.75) is 12.3 Å². The Balaban J connectivity index is 0.956. The van der Waals surface area contributed by atoms with Crippen LogP contribution in [0, 0.1) is 0 Å². The van der Waals surface area contributed by atoms with Gasteiger partial charge in [0.15, 0.2) is 5.58 Å². The average molecular weight is 735 g/mol. The Morgan fingerprint density at radius 1 is 0.456 bits per heavy atom. The molecule has 12 rings (SSSR count). The van der Waals surface area contributed by atoms with Crippen LogP contribution in [0.4, 0.5) is 0 Å². The highest BCUT2D eigenvalue weighted by Crippen LogP contribution is 2.42. The molecule has 0 fully saturated rings. The predicted molar refractivity (Wildman–Crippen MR) is 232 cm³/mol. The predicted octanol–water partition coefficient (Wildman–Crippen LogP) is 12.6. The largest absolute Gasteiger partial charge is 0.456 e. The highest BCUT2D eigenvalue weighted by molar-refractivity contribution is 6.15. The quantitative estimate of drug-likeness (QED) is 0.185. The van der Waals surface area contributed by atoms with Crippen LogP contribution in [0.5, 0.6) is 0 Å². The van der Waals surface area contributed by atoms with Crippen molar-refractivity contribution in [3.8, 4) is 16.8 Å². The fourth-order valence-electron chi connectivity index (χ4n) is 8.81. The standard InChI is InChI=1S/C51H34N4O2/c1-3-13-31(14-4-1)49-52-50(32-15-5-2-6-16-32)54-51(53-49)34-26-28-39-38-27-25-33(29-45(38)56-46(39)30-34)35-19-11-20-40-41-21-12-24-44(48(41)57-47(35)40)55-42-22-9-7-17-36(42)37-18-8-10-23-43(37)55/h1-30,49,51,53H,(H,52,54). The first kappa shape index (κ1) is 31.9. The van der Waals surface area contributed by atoms with Crippen LogP contribution in [0.2, 0.25) is 0 Å². The number of fused-ring (bicyclic) bond motifs is 9. The zero-order chi connectivity index (χ0) is 37.5. The summed E-state index contributed by atoms with van der Waals surface area (Å²) in [4.78, 5) is 5.15. The Labute approximate surface area is 327 Å². The van der Waals surface area contributed by atoms with Crippen molar-refractivity contribution in [3.05, 3.63) is 199 Å². The minimum Gasteiger partial charge on any atom is -0.456 e. The van der Waals surface area contributed by atoms with E-state index in [0.29, 0.717) is 0 Å². The minimum absolute atomic E-state index is 0.114. The normalized spacial score (nSPS) is 15.9. The van der Waals surface area contributed by atoms with Gasteiger partial charge in [0, 0.05) is 43.4 Å². The Kier molecular flexibility index (Phi) is 7.03. The number of nitrogens with zero attached hydrogens (tertiary/aromatic N) is 2. The van der Waals surface area contributed by atoms with Gasteiger partial charge in [-0.2, -0.15) is 0 Å². The number of nitrogens with one attached hydrogen (secondary N) is 2. The van der Waals surface area contributed by atoms with Crippen LogP contribution >= 0.6 is 0 Å². The Morgan fingerprint density at radius 2 is 1.09 bits per heavy atom. The van der Waals surface area contributed by atoms with Crippen LogP contribution in [0.25, 0.3) is 82.5 Å². The molecule has 0 saturated heterocycles. The van der Waals surface area contributed by atoms with E-state index in [1.165, 1.54) is 10.8 Å². The second-order valence-electron chi connectivity index (χ2n) is 14.8. The molecular formula is C51H34N4O2. The Morgan fingerprint density at radius 3 is 1.86 bits per heavy atom. The molecule has 6 heteroatoms. The first-order chi connectivity index (χ1) is 28.2. The van der Waals surface area contributed by atoms with E-state index in [1.807, 2.05) is 24.3 Å². The van der Waals surface area contributed by atoms with Crippen LogP contribution in [-0.4, -0.2) is 10.4 Å². The summed E-state index contributed by atoms with van der Waals surface area (Å²) in [5.41, 5.74) is 12.0. The lowest BCUT2D eigenvalue weighted by molar-refractivity contribution is 0.409. The fraction of sp³-hybridized carbons (Fsp3) is 0.0392. The van der Waals surface area contributed by atoms with Gasteiger partial charge in [-0.1, -0.05) is 146 Å². The molecular weight excluding hydrogens is 701 g/mol. The van der Waals surface area contributed by atoms with Gasteiger partial charge in [0.1, 0.15) is 34.9 Å². The third-order valence-corrected chi connectivity index (χ3v) is 11.5. The molecule has 0 radical (unpaired) electrons. The van der Waals surface area contributed by atoms with E-state index >= 15 is 0 Å². The Bertz CT molecular complexity index is 3320. The second-order valence-corrected chi connectivity index (χ2v) is 14.8. The van der Waals surface area contributed by atoms with E-state index in [-0.39, 0.29) is 12.3 Å². The van der Waals surface area contributed by atoms with Crippen LogP contribution in [0.15, 0.2) is 196 Å². The zero-order valence-electron chi connectivity index (χ0n) is 30.7. The van der Waals surface area contributed by atoms with Gasteiger partial charge in [-0.25, -0.2) is 4.99 Å². The lowest BCUT2D eigenvalue weighted by Crippen LogP contribution is -2.44. The molecule has 270 valence electrons. The van der Waals surface area contributed by atoms with Gasteiger partial charge in [-0.05, 0) is 53.1 Å². The topological polar surface area (TPSA) is 67.6 Å². The number of para-hydroxylation sites is 4. The van der Waals surface area contributed by atoms with Gasteiger partial charge >= 0.3 is 0 Å². The minimum atomic E-state index is -0.280. The summed E-state index contributed by atoms with van der Waals surface area (Å²) < 4.78 is 15.9. The summed E-state index contributed by atoms with van der Waals surface area (Å²) >= 11 is 0. The molecule has 0 spiro atoms. The number of hydrogen-bond acceptors (Lipinski definition) is 5. The van der Waals surface area contributed by atoms with Crippen molar-refractivity contribution >= 4 is 71.5 Å². The fourth-order valence-corrected chi connectivity index (χ4v) is 8.81. The maximum atomic E-state index is 6.95. The van der Waals surface area contributed by atoms with Crippen LogP contribution < -0.4 is 10.6 Å². The molecule has 2 atom stereocenters. The van der Waals surface area contributed by atoms with Crippen molar-refractivity contribution in [1.82, 2.24) is 15.2 Å². The van der Waals surface area contributed by atoms with Crippen molar-refractivity contribution in [3.63, 3.8) is 0 Å². The zero-order valence-corrected chi connectivity index (χ0v) is 30.7. The summed E-state index contributed by atoms with van der Waals surface area (Å²) in [6.07, 6.45) is -0.394. The molecule has 0 saturated carbocycles. The van der Waals surface area contributed by atoms with Crippen molar-refractivity contribution in [1.29, 1.82) is 0 Å². The average Bonchev–Trinajstić information content (AvgIpc) is 3.96. The number of benzene rings is 8. The number of aliphatic imine (C=N–C) groups is 1. The molecule has 1 aliphatic rings. The number of hydrogen-bond donors (Lipinski definition) is 2. The molecule has 0 amide bonds. The molecule has 3 aromatic heterocycles. The summed E-state index contributed by atoms with van der Waals surface area (Å²) in [5.74, 6) is 0.851. The van der Waals surface area contributed by atoms with E-state index in [1.54, 1.807) is 0 Å². The van der Waals surface area contributed by atoms with E-state index in [4.69, 9.17) is 13.8 Å². The van der Waals surface area contributed by atoms with Crippen LogP contribution in [0.1, 0.15) is 29.0 Å². The van der Waals surface area contributed by atoms with Crippen molar-refractivity contribution in [2.75, 3.05) is 0 Å². The maximum Gasteiger partial charge on any atom is 0.159 e. The van der Waals surface area contributed by atoms with Gasteiger partial charge in [0.25, 0.3) is 0 Å². The van der Waals surface area contributed by atoms with Crippen molar-refractivity contribution in [2.24, 2.45) is 4.99 Å². The van der Waals surface area contributed by atoms with Crippen LogP contribution in [-0.2, 0) is 0 Å². The van der Waals surface area contributed by atoms with Gasteiger partial charge in [0.05, 0.1) is 16.7 Å². The van der Waals surface area contributed by atoms with Gasteiger partial charge in [-0.15, -0.1) is 0 Å². The number of rotatable bonds is 5. The molecule has 2 unspecified atom stereocenters. The van der Waals surface area contributed by atoms with Gasteiger partial charge in [0.2, 0.25) is 0 Å². The maximum absolute atomic E-state index is 6.95. The molecule has 1 aliphatic heterocycles.